The predicted octanol–water partition coefficient (Wildman–Crippen LogP) is 6.35. The SMILES string of the molecule is Cc1ccccc1COc1cc(OCCc2scnc2C)cc(C(=O)Nc2nnc(SCCl)s2)c1. The number of thiazole rings is 1. The zero-order chi connectivity index (χ0) is 24.6. The Balaban J connectivity index is 1.50. The Hall–Kier alpha value is -2.66. The number of alkyl halides is 1. The molecule has 35 heavy (non-hydrogen) atoms. The van der Waals surface area contributed by atoms with Crippen molar-refractivity contribution < 1.29 is 14.3 Å². The van der Waals surface area contributed by atoms with Crippen LogP contribution in [-0.2, 0) is 13.0 Å². The number of hydrogen-bond acceptors (Lipinski definition) is 9. The molecular weight excluding hydrogens is 524 g/mol. The van der Waals surface area contributed by atoms with Crippen LogP contribution >= 0.6 is 46.0 Å². The van der Waals surface area contributed by atoms with E-state index in [0.29, 0.717) is 45.0 Å². The third-order valence-electron chi connectivity index (χ3n) is 5.05. The molecule has 4 rings (SSSR count). The van der Waals surface area contributed by atoms with E-state index in [1.165, 1.54) is 28.0 Å². The van der Waals surface area contributed by atoms with Crippen molar-refractivity contribution in [2.45, 2.75) is 31.2 Å². The quantitative estimate of drug-likeness (QED) is 0.133. The second-order valence-electron chi connectivity index (χ2n) is 7.45. The van der Waals surface area contributed by atoms with Crippen LogP contribution in [0, 0.1) is 13.8 Å². The maximum absolute atomic E-state index is 13.0. The summed E-state index contributed by atoms with van der Waals surface area (Å²) in [7, 11) is 0. The number of aryl methyl sites for hydroxylation is 2. The number of carbonyl (C=O) groups excluding carboxylic acids is 1. The summed E-state index contributed by atoms with van der Waals surface area (Å²) in [5, 5.41) is 11.6. The third kappa shape index (κ3) is 7.17. The molecule has 0 atom stereocenters. The molecule has 0 unspecified atom stereocenters. The lowest BCUT2D eigenvalue weighted by molar-refractivity contribution is 0.102. The average molecular weight is 547 g/mol. The highest BCUT2D eigenvalue weighted by atomic mass is 35.5. The van der Waals surface area contributed by atoms with Crippen LogP contribution in [0.25, 0.3) is 0 Å². The molecule has 182 valence electrons. The van der Waals surface area contributed by atoms with Crippen LogP contribution in [0.5, 0.6) is 11.5 Å². The summed E-state index contributed by atoms with van der Waals surface area (Å²) in [6, 6.07) is 13.2. The number of hydrogen-bond donors (Lipinski definition) is 1. The number of aromatic nitrogens is 3. The lowest BCUT2D eigenvalue weighted by atomic mass is 10.1. The lowest BCUT2D eigenvalue weighted by Gasteiger charge is -2.13. The molecule has 0 saturated heterocycles. The fraction of sp³-hybridized carbons (Fsp3) is 0.250. The summed E-state index contributed by atoms with van der Waals surface area (Å²) in [6.07, 6.45) is 0.734. The second-order valence-corrected chi connectivity index (χ2v) is 11.2. The summed E-state index contributed by atoms with van der Waals surface area (Å²) < 4.78 is 12.7. The van der Waals surface area contributed by atoms with E-state index >= 15 is 0 Å². The van der Waals surface area contributed by atoms with Gasteiger partial charge in [-0.25, -0.2) is 4.98 Å². The fourth-order valence-corrected chi connectivity index (χ4v) is 5.75. The van der Waals surface area contributed by atoms with E-state index in [1.807, 2.05) is 43.6 Å². The minimum atomic E-state index is -0.326. The summed E-state index contributed by atoms with van der Waals surface area (Å²) in [4.78, 5) is 18.5. The Bertz CT molecular complexity index is 1290. The molecule has 0 aliphatic carbocycles. The van der Waals surface area contributed by atoms with Crippen LogP contribution in [0.3, 0.4) is 0 Å². The highest BCUT2D eigenvalue weighted by Crippen LogP contribution is 2.28. The van der Waals surface area contributed by atoms with Crippen molar-refractivity contribution in [3.05, 3.63) is 75.2 Å². The molecule has 11 heteroatoms. The van der Waals surface area contributed by atoms with Crippen molar-refractivity contribution >= 4 is 57.1 Å². The van der Waals surface area contributed by atoms with E-state index in [1.54, 1.807) is 29.5 Å². The molecule has 2 heterocycles. The van der Waals surface area contributed by atoms with Crippen LogP contribution in [0.2, 0.25) is 0 Å². The number of halogens is 1. The molecule has 1 N–H and O–H groups in total. The Labute approximate surface area is 220 Å². The molecule has 0 radical (unpaired) electrons. The number of benzene rings is 2. The standard InChI is InChI=1S/C24H23ClN4O3S3/c1-15-5-3-4-6-17(15)12-32-20-10-18(22(30)27-23-28-29-24(35-23)33-13-25)9-19(11-20)31-8-7-21-16(2)26-14-34-21/h3-6,9-11,14H,7-8,12-13H2,1-2H3,(H,27,28,30). The maximum atomic E-state index is 13.0. The van der Waals surface area contributed by atoms with Gasteiger partial charge in [-0.1, -0.05) is 47.4 Å². The van der Waals surface area contributed by atoms with Crippen LogP contribution in [0.15, 0.2) is 52.3 Å². The Kier molecular flexibility index (Phi) is 8.97. The van der Waals surface area contributed by atoms with Gasteiger partial charge in [0.15, 0.2) is 4.34 Å². The number of nitrogens with zero attached hydrogens (tertiary/aromatic N) is 3. The van der Waals surface area contributed by atoms with Crippen molar-refractivity contribution in [3.8, 4) is 11.5 Å². The van der Waals surface area contributed by atoms with E-state index in [-0.39, 0.29) is 5.91 Å². The molecule has 2 aromatic carbocycles. The van der Waals surface area contributed by atoms with Crippen molar-refractivity contribution in [3.63, 3.8) is 0 Å². The average Bonchev–Trinajstić information content (AvgIpc) is 3.47. The zero-order valence-electron chi connectivity index (χ0n) is 19.1. The number of carbonyl (C=O) groups is 1. The van der Waals surface area contributed by atoms with Crippen molar-refractivity contribution in [1.29, 1.82) is 0 Å². The largest absolute Gasteiger partial charge is 0.493 e. The van der Waals surface area contributed by atoms with Gasteiger partial charge >= 0.3 is 0 Å². The van der Waals surface area contributed by atoms with Gasteiger partial charge in [-0.2, -0.15) is 0 Å². The second kappa shape index (κ2) is 12.3. The number of rotatable bonds is 11. The van der Waals surface area contributed by atoms with E-state index < -0.39 is 0 Å². The number of thioether (sulfide) groups is 1. The van der Waals surface area contributed by atoms with Crippen molar-refractivity contribution in [1.82, 2.24) is 15.2 Å². The Morgan fingerprint density at radius 3 is 2.66 bits per heavy atom. The van der Waals surface area contributed by atoms with Gasteiger partial charge in [-0.3, -0.25) is 10.1 Å². The molecule has 0 spiro atoms. The first-order valence-electron chi connectivity index (χ1n) is 10.7. The van der Waals surface area contributed by atoms with Gasteiger partial charge in [0.2, 0.25) is 5.13 Å². The van der Waals surface area contributed by atoms with E-state index in [0.717, 1.165) is 23.2 Å². The predicted molar refractivity (Wildman–Crippen MR) is 142 cm³/mol. The molecule has 0 aliphatic heterocycles. The topological polar surface area (TPSA) is 86.2 Å². The molecular formula is C24H23ClN4O3S3. The molecule has 0 bridgehead atoms. The van der Waals surface area contributed by atoms with Crippen molar-refractivity contribution in [2.75, 3.05) is 17.1 Å². The third-order valence-corrected chi connectivity index (χ3v) is 8.04. The minimum Gasteiger partial charge on any atom is -0.493 e. The van der Waals surface area contributed by atoms with E-state index in [9.17, 15) is 4.79 Å². The van der Waals surface area contributed by atoms with Gasteiger partial charge in [0.05, 0.1) is 23.0 Å². The zero-order valence-corrected chi connectivity index (χ0v) is 22.3. The first-order valence-corrected chi connectivity index (χ1v) is 13.9. The monoisotopic (exact) mass is 546 g/mol. The van der Waals surface area contributed by atoms with E-state index in [4.69, 9.17) is 21.1 Å². The molecule has 1 amide bonds. The smallest absolute Gasteiger partial charge is 0.257 e. The van der Waals surface area contributed by atoms with Crippen LogP contribution in [0.4, 0.5) is 5.13 Å². The molecule has 0 aliphatic rings. The van der Waals surface area contributed by atoms with Crippen LogP contribution in [0.1, 0.15) is 32.1 Å². The molecule has 0 saturated carbocycles. The number of amides is 1. The molecule has 0 fully saturated rings. The van der Waals surface area contributed by atoms with Crippen molar-refractivity contribution in [2.24, 2.45) is 0 Å². The first kappa shape index (κ1) is 25.4. The van der Waals surface area contributed by atoms with Gasteiger partial charge in [0.25, 0.3) is 5.91 Å². The highest BCUT2D eigenvalue weighted by molar-refractivity contribution is 8.02. The number of nitrogens with one attached hydrogen (secondary N) is 1. The Morgan fingerprint density at radius 2 is 1.91 bits per heavy atom. The van der Waals surface area contributed by atoms with Crippen LogP contribution in [-0.4, -0.2) is 32.9 Å². The highest BCUT2D eigenvalue weighted by Gasteiger charge is 2.14. The maximum Gasteiger partial charge on any atom is 0.257 e. The number of ether oxygens (including phenoxy) is 2. The molecule has 7 nitrogen and oxygen atoms in total. The molecule has 4 aromatic rings. The summed E-state index contributed by atoms with van der Waals surface area (Å²) in [5.41, 5.74) is 5.46. The van der Waals surface area contributed by atoms with Gasteiger partial charge < -0.3 is 9.47 Å². The number of anilines is 1. The fourth-order valence-electron chi connectivity index (χ4n) is 3.16. The summed E-state index contributed by atoms with van der Waals surface area (Å²) in [5.74, 6) is 0.767. The normalized spacial score (nSPS) is 10.8. The van der Waals surface area contributed by atoms with Gasteiger partial charge in [0, 0.05) is 22.9 Å². The minimum absolute atomic E-state index is 0.326. The summed E-state index contributed by atoms with van der Waals surface area (Å²) >= 11 is 9.96. The van der Waals surface area contributed by atoms with Gasteiger partial charge in [0.1, 0.15) is 18.1 Å². The molecule has 2 aromatic heterocycles. The van der Waals surface area contributed by atoms with Crippen LogP contribution < -0.4 is 14.8 Å². The lowest BCUT2D eigenvalue weighted by Crippen LogP contribution is -2.12. The summed E-state index contributed by atoms with van der Waals surface area (Å²) in [6.45, 7) is 4.86. The van der Waals surface area contributed by atoms with Gasteiger partial charge in [-0.15, -0.1) is 33.1 Å². The van der Waals surface area contributed by atoms with E-state index in [2.05, 4.69) is 20.5 Å². The Morgan fingerprint density at radius 1 is 1.11 bits per heavy atom. The first-order chi connectivity index (χ1) is 17.0. The van der Waals surface area contributed by atoms with Gasteiger partial charge in [-0.05, 0) is 37.1 Å².